The molecule has 0 saturated carbocycles. The molecule has 3 rings (SSSR count). The highest BCUT2D eigenvalue weighted by Gasteiger charge is 2.26. The second-order valence-corrected chi connectivity index (χ2v) is 8.73. The minimum absolute atomic E-state index is 0.0463. The first kappa shape index (κ1) is 24.9. The van der Waals surface area contributed by atoms with Crippen LogP contribution in [0.5, 0.6) is 0 Å². The fourth-order valence-corrected chi connectivity index (χ4v) is 4.08. The van der Waals surface area contributed by atoms with E-state index >= 15 is 0 Å². The minimum Gasteiger partial charge on any atom is -0.342 e. The lowest BCUT2D eigenvalue weighted by Gasteiger charge is -2.22. The van der Waals surface area contributed by atoms with E-state index in [9.17, 15) is 19.7 Å². The number of benzene rings is 2. The zero-order valence-electron chi connectivity index (χ0n) is 19.1. The minimum atomic E-state index is -0.497. The number of anilines is 1. The Balaban J connectivity index is 1.67. The summed E-state index contributed by atoms with van der Waals surface area (Å²) in [5, 5.41) is 25.7. The molecule has 2 N–H and O–H groups in total. The van der Waals surface area contributed by atoms with Crippen LogP contribution in [0, 0.1) is 16.0 Å². The van der Waals surface area contributed by atoms with E-state index in [2.05, 4.69) is 20.8 Å². The van der Waals surface area contributed by atoms with Crippen LogP contribution in [0.2, 0.25) is 0 Å². The van der Waals surface area contributed by atoms with Crippen LogP contribution in [-0.2, 0) is 11.3 Å². The molecule has 10 nitrogen and oxygen atoms in total. The summed E-state index contributed by atoms with van der Waals surface area (Å²) in [6.45, 7) is 6.51. The highest BCUT2D eigenvalue weighted by molar-refractivity contribution is 7.99. The number of carbonyl (C=O) groups is 2. The Labute approximate surface area is 201 Å². The van der Waals surface area contributed by atoms with Crippen LogP contribution >= 0.6 is 11.8 Å². The predicted molar refractivity (Wildman–Crippen MR) is 130 cm³/mol. The number of thioether (sulfide) groups is 1. The van der Waals surface area contributed by atoms with Crippen LogP contribution in [-0.4, -0.2) is 37.3 Å². The zero-order chi connectivity index (χ0) is 24.7. The van der Waals surface area contributed by atoms with Gasteiger partial charge in [-0.05, 0) is 37.1 Å². The Kier molecular flexibility index (Phi) is 8.36. The van der Waals surface area contributed by atoms with Crippen LogP contribution < -0.4 is 10.6 Å². The molecule has 0 unspecified atom stereocenters. The summed E-state index contributed by atoms with van der Waals surface area (Å²) in [6, 6.07) is 14.2. The number of rotatable bonds is 10. The number of non-ortho nitro benzene ring substituents is 1. The van der Waals surface area contributed by atoms with Crippen molar-refractivity contribution < 1.29 is 14.5 Å². The van der Waals surface area contributed by atoms with Gasteiger partial charge in [-0.3, -0.25) is 19.7 Å². The molecule has 1 heterocycles. The van der Waals surface area contributed by atoms with Gasteiger partial charge in [-0.25, -0.2) is 0 Å². The molecule has 3 aromatic rings. The molecular weight excluding hydrogens is 456 g/mol. The number of hydrogen-bond acceptors (Lipinski definition) is 7. The summed E-state index contributed by atoms with van der Waals surface area (Å²) in [6.07, 6.45) is 0. The first-order valence-corrected chi connectivity index (χ1v) is 11.7. The SMILES string of the molecule is CCn1c(SCC(=O)Nc2ccc([N+](=O)[O-])cc2)nnc1[C@H](NC(=O)c1ccccc1)C(C)C. The first-order chi connectivity index (χ1) is 16.3. The van der Waals surface area contributed by atoms with Gasteiger partial charge in [0.2, 0.25) is 5.91 Å². The molecule has 0 aliphatic carbocycles. The normalized spacial score (nSPS) is 11.8. The van der Waals surface area contributed by atoms with E-state index in [1.807, 2.05) is 43.5 Å². The lowest BCUT2D eigenvalue weighted by molar-refractivity contribution is -0.384. The number of nitro benzene ring substituents is 1. The van der Waals surface area contributed by atoms with Crippen molar-refractivity contribution in [2.75, 3.05) is 11.1 Å². The predicted octanol–water partition coefficient (Wildman–Crippen LogP) is 4.06. The molecule has 0 bridgehead atoms. The average Bonchev–Trinajstić information content (AvgIpc) is 3.24. The van der Waals surface area contributed by atoms with Gasteiger partial charge in [-0.2, -0.15) is 0 Å². The zero-order valence-corrected chi connectivity index (χ0v) is 19.9. The second-order valence-electron chi connectivity index (χ2n) is 7.79. The third kappa shape index (κ3) is 6.19. The van der Waals surface area contributed by atoms with Crippen LogP contribution in [0.4, 0.5) is 11.4 Å². The Morgan fingerprint density at radius 2 is 1.76 bits per heavy atom. The first-order valence-electron chi connectivity index (χ1n) is 10.8. The molecule has 11 heteroatoms. The average molecular weight is 483 g/mol. The highest BCUT2D eigenvalue weighted by atomic mass is 32.2. The summed E-state index contributed by atoms with van der Waals surface area (Å²) in [5.74, 6) is 0.300. The summed E-state index contributed by atoms with van der Waals surface area (Å²) in [7, 11) is 0. The van der Waals surface area contributed by atoms with Gasteiger partial charge in [0, 0.05) is 29.9 Å². The standard InChI is InChI=1S/C23H26N6O4S/c1-4-28-21(20(15(2)3)25-22(31)16-8-6-5-7-9-16)26-27-23(28)34-14-19(30)24-17-10-12-18(13-11-17)29(32)33/h5-13,15,20H,4,14H2,1-3H3,(H,24,30)(H,25,31)/t20-/m1/s1. The van der Waals surface area contributed by atoms with Crippen molar-refractivity contribution in [3.8, 4) is 0 Å². The van der Waals surface area contributed by atoms with E-state index in [4.69, 9.17) is 0 Å². The fourth-order valence-electron chi connectivity index (χ4n) is 3.27. The van der Waals surface area contributed by atoms with Crippen molar-refractivity contribution in [3.05, 3.63) is 76.1 Å². The Morgan fingerprint density at radius 1 is 1.09 bits per heavy atom. The summed E-state index contributed by atoms with van der Waals surface area (Å²) < 4.78 is 1.89. The van der Waals surface area contributed by atoms with E-state index in [0.29, 0.717) is 28.8 Å². The number of aromatic nitrogens is 3. The fraction of sp³-hybridized carbons (Fsp3) is 0.304. The van der Waals surface area contributed by atoms with Gasteiger partial charge in [-0.15, -0.1) is 10.2 Å². The molecule has 0 radical (unpaired) electrons. The van der Waals surface area contributed by atoms with E-state index in [1.165, 1.54) is 36.0 Å². The van der Waals surface area contributed by atoms with Crippen molar-refractivity contribution in [2.24, 2.45) is 5.92 Å². The van der Waals surface area contributed by atoms with Gasteiger partial charge < -0.3 is 15.2 Å². The lowest BCUT2D eigenvalue weighted by Crippen LogP contribution is -2.33. The lowest BCUT2D eigenvalue weighted by atomic mass is 10.0. The largest absolute Gasteiger partial charge is 0.342 e. The molecule has 0 spiro atoms. The molecule has 2 aromatic carbocycles. The number of nitrogens with zero attached hydrogens (tertiary/aromatic N) is 4. The highest BCUT2D eigenvalue weighted by Crippen LogP contribution is 2.26. The van der Waals surface area contributed by atoms with Crippen LogP contribution in [0.3, 0.4) is 0 Å². The molecule has 1 aromatic heterocycles. The molecule has 0 saturated heterocycles. The van der Waals surface area contributed by atoms with E-state index in [1.54, 1.807) is 12.1 Å². The van der Waals surface area contributed by atoms with E-state index in [0.717, 1.165) is 0 Å². The third-order valence-electron chi connectivity index (χ3n) is 5.02. The number of hydrogen-bond donors (Lipinski definition) is 2. The number of carbonyl (C=O) groups excluding carboxylic acids is 2. The van der Waals surface area contributed by atoms with Gasteiger partial charge >= 0.3 is 0 Å². The molecule has 0 aliphatic rings. The maximum Gasteiger partial charge on any atom is 0.269 e. The smallest absolute Gasteiger partial charge is 0.269 e. The molecule has 0 fully saturated rings. The van der Waals surface area contributed by atoms with Crippen molar-refractivity contribution in [1.29, 1.82) is 0 Å². The Morgan fingerprint density at radius 3 is 2.35 bits per heavy atom. The quantitative estimate of drug-likeness (QED) is 0.253. The molecular formula is C23H26N6O4S. The Hall–Kier alpha value is -3.73. The maximum absolute atomic E-state index is 12.7. The number of nitrogens with one attached hydrogen (secondary N) is 2. The van der Waals surface area contributed by atoms with Gasteiger partial charge in [-0.1, -0.05) is 43.8 Å². The van der Waals surface area contributed by atoms with E-state index < -0.39 is 4.92 Å². The summed E-state index contributed by atoms with van der Waals surface area (Å²) in [4.78, 5) is 35.4. The summed E-state index contributed by atoms with van der Waals surface area (Å²) >= 11 is 1.23. The third-order valence-corrected chi connectivity index (χ3v) is 5.99. The van der Waals surface area contributed by atoms with E-state index in [-0.39, 0.29) is 35.2 Å². The van der Waals surface area contributed by atoms with Gasteiger partial charge in [0.25, 0.3) is 11.6 Å². The molecule has 0 aliphatic heterocycles. The molecule has 1 atom stereocenters. The number of amides is 2. The van der Waals surface area contributed by atoms with Gasteiger partial charge in [0.15, 0.2) is 11.0 Å². The topological polar surface area (TPSA) is 132 Å². The van der Waals surface area contributed by atoms with Crippen molar-refractivity contribution in [2.45, 2.75) is 38.5 Å². The van der Waals surface area contributed by atoms with Crippen molar-refractivity contribution in [1.82, 2.24) is 20.1 Å². The van der Waals surface area contributed by atoms with Crippen LogP contribution in [0.15, 0.2) is 59.8 Å². The maximum atomic E-state index is 12.7. The van der Waals surface area contributed by atoms with Crippen molar-refractivity contribution >= 4 is 35.0 Å². The number of nitro groups is 1. The van der Waals surface area contributed by atoms with Gasteiger partial charge in [0.05, 0.1) is 16.7 Å². The van der Waals surface area contributed by atoms with Crippen LogP contribution in [0.25, 0.3) is 0 Å². The molecule has 2 amide bonds. The van der Waals surface area contributed by atoms with Crippen molar-refractivity contribution in [3.63, 3.8) is 0 Å². The molecule has 34 heavy (non-hydrogen) atoms. The molecule has 178 valence electrons. The monoisotopic (exact) mass is 482 g/mol. The van der Waals surface area contributed by atoms with Gasteiger partial charge in [0.1, 0.15) is 0 Å². The van der Waals surface area contributed by atoms with Crippen LogP contribution in [0.1, 0.15) is 43.0 Å². The summed E-state index contributed by atoms with van der Waals surface area (Å²) in [5.41, 5.74) is 0.987. The second kappa shape index (κ2) is 11.4. The Bertz CT molecular complexity index is 1150.